The molecule has 0 unspecified atom stereocenters. The van der Waals surface area contributed by atoms with Gasteiger partial charge in [-0.3, -0.25) is 9.78 Å². The van der Waals surface area contributed by atoms with Gasteiger partial charge in [-0.05, 0) is 35.7 Å². The summed E-state index contributed by atoms with van der Waals surface area (Å²) in [6.45, 7) is 3.34. The molecule has 3 aromatic heterocycles. The van der Waals surface area contributed by atoms with Gasteiger partial charge in [0.25, 0.3) is 5.91 Å². The molecule has 1 aromatic carbocycles. The minimum atomic E-state index is -0.279. The molecule has 1 aliphatic heterocycles. The highest BCUT2D eigenvalue weighted by atomic mass is 35.5. The lowest BCUT2D eigenvalue weighted by atomic mass is 10.1. The number of halogens is 1. The van der Waals surface area contributed by atoms with E-state index in [2.05, 4.69) is 15.1 Å². The third kappa shape index (κ3) is 4.09. The number of aryl methyl sites for hydroxylation is 1. The number of carbonyl (C=O) groups is 1. The van der Waals surface area contributed by atoms with Crippen molar-refractivity contribution in [2.24, 2.45) is 0 Å². The van der Waals surface area contributed by atoms with Crippen LogP contribution in [0.3, 0.4) is 0 Å². The number of aromatic nitrogens is 4. The number of nitrogens with zero attached hydrogens (tertiary/aromatic N) is 5. The summed E-state index contributed by atoms with van der Waals surface area (Å²) < 4.78 is 7.57. The van der Waals surface area contributed by atoms with Crippen LogP contribution >= 0.6 is 11.6 Å². The molecule has 7 nitrogen and oxygen atoms in total. The predicted octanol–water partition coefficient (Wildman–Crippen LogP) is 3.89. The molecule has 1 aliphatic rings. The molecule has 162 valence electrons. The maximum atomic E-state index is 13.2. The first-order valence-corrected chi connectivity index (χ1v) is 10.9. The van der Waals surface area contributed by atoms with E-state index in [1.165, 1.54) is 0 Å². The molecule has 4 aromatic rings. The molecule has 0 aliphatic carbocycles. The maximum Gasteiger partial charge on any atom is 0.259 e. The van der Waals surface area contributed by atoms with E-state index < -0.39 is 0 Å². The second-order valence-electron chi connectivity index (χ2n) is 7.93. The summed E-state index contributed by atoms with van der Waals surface area (Å²) in [4.78, 5) is 23.9. The smallest absolute Gasteiger partial charge is 0.259 e. The Morgan fingerprint density at radius 2 is 2.03 bits per heavy atom. The van der Waals surface area contributed by atoms with E-state index in [1.807, 2.05) is 55.7 Å². The van der Waals surface area contributed by atoms with Gasteiger partial charge in [0.1, 0.15) is 11.7 Å². The van der Waals surface area contributed by atoms with Crippen LogP contribution < -0.4 is 0 Å². The second kappa shape index (κ2) is 8.68. The second-order valence-corrected chi connectivity index (χ2v) is 8.34. The Bertz CT molecular complexity index is 1270. The molecule has 8 heteroatoms. The van der Waals surface area contributed by atoms with Crippen molar-refractivity contribution < 1.29 is 9.53 Å². The van der Waals surface area contributed by atoms with Gasteiger partial charge < -0.3 is 9.64 Å². The number of morpholine rings is 1. The van der Waals surface area contributed by atoms with Gasteiger partial charge >= 0.3 is 0 Å². The normalized spacial score (nSPS) is 16.4. The van der Waals surface area contributed by atoms with Crippen LogP contribution in [0.25, 0.3) is 5.65 Å². The van der Waals surface area contributed by atoms with Crippen molar-refractivity contribution in [3.63, 3.8) is 0 Å². The molecule has 32 heavy (non-hydrogen) atoms. The quantitative estimate of drug-likeness (QED) is 0.474. The number of amides is 1. The third-order valence-corrected chi connectivity index (χ3v) is 5.97. The highest BCUT2D eigenvalue weighted by molar-refractivity contribution is 6.31. The number of rotatable bonds is 4. The molecule has 4 heterocycles. The van der Waals surface area contributed by atoms with Crippen molar-refractivity contribution in [3.8, 4) is 0 Å². The topological polar surface area (TPSA) is 72.6 Å². The number of hydrogen-bond donors (Lipinski definition) is 0. The fourth-order valence-corrected chi connectivity index (χ4v) is 4.10. The Morgan fingerprint density at radius 1 is 1.16 bits per heavy atom. The highest BCUT2D eigenvalue weighted by Gasteiger charge is 2.28. The first-order valence-electron chi connectivity index (χ1n) is 10.5. The Labute approximate surface area is 190 Å². The largest absolute Gasteiger partial charge is 0.368 e. The summed E-state index contributed by atoms with van der Waals surface area (Å²) in [5.41, 5.74) is 4.97. The standard InChI is InChI=1S/C24H22ClN5O2/c1-16-11-27-23-19(13-28-30(23)14-16)24(31)29-8-9-32-22(15-29)21-7-6-17(12-26-21)10-18-4-2-3-5-20(18)25/h2-7,11-14,22H,8-10,15H2,1H3/t22-/m0/s1. The maximum absolute atomic E-state index is 13.2. The van der Waals surface area contributed by atoms with Crippen LogP contribution in [0, 0.1) is 6.92 Å². The van der Waals surface area contributed by atoms with Crippen LogP contribution in [-0.2, 0) is 11.2 Å². The van der Waals surface area contributed by atoms with E-state index in [9.17, 15) is 4.79 Å². The molecule has 0 N–H and O–H groups in total. The van der Waals surface area contributed by atoms with Gasteiger partial charge in [0, 0.05) is 36.6 Å². The minimum Gasteiger partial charge on any atom is -0.368 e. The number of fused-ring (bicyclic) bond motifs is 1. The van der Waals surface area contributed by atoms with Crippen molar-refractivity contribution in [3.05, 3.63) is 94.2 Å². The van der Waals surface area contributed by atoms with Crippen molar-refractivity contribution in [2.45, 2.75) is 19.4 Å². The van der Waals surface area contributed by atoms with Gasteiger partial charge in [0.15, 0.2) is 5.65 Å². The Hall–Kier alpha value is -3.29. The molecule has 1 atom stereocenters. The average Bonchev–Trinajstić information content (AvgIpc) is 3.23. The van der Waals surface area contributed by atoms with E-state index in [0.29, 0.717) is 37.3 Å². The molecule has 1 fully saturated rings. The zero-order chi connectivity index (χ0) is 22.1. The van der Waals surface area contributed by atoms with E-state index in [-0.39, 0.29) is 12.0 Å². The van der Waals surface area contributed by atoms with Crippen LogP contribution in [-0.4, -0.2) is 50.1 Å². The van der Waals surface area contributed by atoms with Crippen LogP contribution in [0.2, 0.25) is 5.02 Å². The van der Waals surface area contributed by atoms with Gasteiger partial charge in [-0.2, -0.15) is 5.10 Å². The van der Waals surface area contributed by atoms with Crippen LogP contribution in [0.1, 0.15) is 38.8 Å². The zero-order valence-corrected chi connectivity index (χ0v) is 18.4. The predicted molar refractivity (Wildman–Crippen MR) is 121 cm³/mol. The molecule has 0 saturated carbocycles. The number of hydrogen-bond acceptors (Lipinski definition) is 5. The first kappa shape index (κ1) is 20.6. The summed E-state index contributed by atoms with van der Waals surface area (Å²) in [5.74, 6) is -0.0972. The number of pyridine rings is 1. The van der Waals surface area contributed by atoms with E-state index in [4.69, 9.17) is 16.3 Å². The van der Waals surface area contributed by atoms with E-state index in [0.717, 1.165) is 27.4 Å². The molecule has 1 amide bonds. The summed E-state index contributed by atoms with van der Waals surface area (Å²) in [6, 6.07) is 11.8. The van der Waals surface area contributed by atoms with Crippen molar-refractivity contribution in [1.29, 1.82) is 0 Å². The Balaban J connectivity index is 1.30. The number of benzene rings is 1. The van der Waals surface area contributed by atoms with Gasteiger partial charge in [-0.15, -0.1) is 0 Å². The van der Waals surface area contributed by atoms with Crippen molar-refractivity contribution >= 4 is 23.2 Å². The lowest BCUT2D eigenvalue weighted by molar-refractivity contribution is -0.0246. The number of carbonyl (C=O) groups excluding carboxylic acids is 1. The van der Waals surface area contributed by atoms with Crippen molar-refractivity contribution in [1.82, 2.24) is 24.5 Å². The number of ether oxygens (including phenoxy) is 1. The summed E-state index contributed by atoms with van der Waals surface area (Å²) in [5, 5.41) is 5.03. The van der Waals surface area contributed by atoms with Crippen molar-refractivity contribution in [2.75, 3.05) is 19.7 Å². The summed E-state index contributed by atoms with van der Waals surface area (Å²) in [7, 11) is 0. The van der Waals surface area contributed by atoms with Gasteiger partial charge in [0.05, 0.1) is 25.0 Å². The van der Waals surface area contributed by atoms with Gasteiger partial charge in [0.2, 0.25) is 0 Å². The third-order valence-electron chi connectivity index (χ3n) is 5.60. The fourth-order valence-electron chi connectivity index (χ4n) is 3.89. The highest BCUT2D eigenvalue weighted by Crippen LogP contribution is 2.24. The summed E-state index contributed by atoms with van der Waals surface area (Å²) in [6.07, 6.45) is 7.46. The minimum absolute atomic E-state index is 0.0972. The zero-order valence-electron chi connectivity index (χ0n) is 17.6. The first-order chi connectivity index (χ1) is 15.6. The summed E-state index contributed by atoms with van der Waals surface area (Å²) >= 11 is 6.27. The molecule has 5 rings (SSSR count). The Morgan fingerprint density at radius 3 is 2.84 bits per heavy atom. The lowest BCUT2D eigenvalue weighted by Gasteiger charge is -2.32. The van der Waals surface area contributed by atoms with Crippen LogP contribution in [0.15, 0.2) is 61.2 Å². The molecule has 0 spiro atoms. The Kier molecular flexibility index (Phi) is 5.59. The van der Waals surface area contributed by atoms with Crippen LogP contribution in [0.4, 0.5) is 0 Å². The lowest BCUT2D eigenvalue weighted by Crippen LogP contribution is -2.42. The fraction of sp³-hybridized carbons (Fsp3) is 0.250. The molecule has 0 radical (unpaired) electrons. The molecular formula is C24H22ClN5O2. The molecule has 1 saturated heterocycles. The van der Waals surface area contributed by atoms with Crippen LogP contribution in [0.5, 0.6) is 0 Å². The van der Waals surface area contributed by atoms with E-state index >= 15 is 0 Å². The monoisotopic (exact) mass is 447 g/mol. The van der Waals surface area contributed by atoms with Gasteiger partial charge in [-0.1, -0.05) is 35.9 Å². The van der Waals surface area contributed by atoms with E-state index in [1.54, 1.807) is 21.8 Å². The van der Waals surface area contributed by atoms with Gasteiger partial charge in [-0.25, -0.2) is 9.50 Å². The molecular weight excluding hydrogens is 426 g/mol. The average molecular weight is 448 g/mol. The molecule has 0 bridgehead atoms. The SMILES string of the molecule is Cc1cnc2c(C(=O)N3CCO[C@H](c4ccc(Cc5ccccc5Cl)cn4)C3)cnn2c1.